The minimum Gasteiger partial charge on any atom is -0.393 e. The molecule has 4 rings (SSSR count). The summed E-state index contributed by atoms with van der Waals surface area (Å²) in [7, 11) is 0. The Labute approximate surface area is 82.1 Å². The van der Waals surface area contributed by atoms with Crippen LogP contribution in [0.15, 0.2) is 12.2 Å². The minimum absolute atomic E-state index is 0.167. The quantitative estimate of drug-likeness (QED) is 0.330. The van der Waals surface area contributed by atoms with Gasteiger partial charge in [-0.1, -0.05) is 18.6 Å². The van der Waals surface area contributed by atoms with E-state index < -0.39 is 0 Å². The standard InChI is InChI=1S/C11H12O3/c12-10-8-6-2-1-3-7(5-4-6)9(8)11(13)14-10/h4-9H,1-3H2/t6-,7-,8+,9+/m0/s1. The smallest absolute Gasteiger partial charge is 0.318 e. The number of ether oxygens (including phenoxy) is 1. The average Bonchev–Trinajstić information content (AvgIpc) is 2.42. The molecule has 1 aliphatic heterocycles. The Bertz CT molecular complexity index is 301. The molecule has 0 aromatic carbocycles. The molecule has 4 aliphatic rings. The van der Waals surface area contributed by atoms with E-state index in [4.69, 9.17) is 4.74 Å². The summed E-state index contributed by atoms with van der Waals surface area (Å²) in [6.45, 7) is 0. The molecule has 14 heavy (non-hydrogen) atoms. The van der Waals surface area contributed by atoms with E-state index in [1.54, 1.807) is 0 Å². The van der Waals surface area contributed by atoms with Crippen molar-refractivity contribution in [1.29, 1.82) is 0 Å². The molecule has 3 aliphatic carbocycles. The van der Waals surface area contributed by atoms with Crippen LogP contribution in [0.4, 0.5) is 0 Å². The van der Waals surface area contributed by atoms with Crippen LogP contribution < -0.4 is 0 Å². The zero-order valence-corrected chi connectivity index (χ0v) is 7.81. The Kier molecular flexibility index (Phi) is 1.58. The highest BCUT2D eigenvalue weighted by atomic mass is 16.6. The number of fused-ring (bicyclic) bond motifs is 2. The van der Waals surface area contributed by atoms with Crippen LogP contribution in [-0.2, 0) is 14.3 Å². The summed E-state index contributed by atoms with van der Waals surface area (Å²) in [5.74, 6) is -0.419. The predicted molar refractivity (Wildman–Crippen MR) is 48.1 cm³/mol. The van der Waals surface area contributed by atoms with E-state index in [1.807, 2.05) is 0 Å². The highest BCUT2D eigenvalue weighted by molar-refractivity contribution is 5.97. The van der Waals surface area contributed by atoms with Crippen molar-refractivity contribution >= 4 is 11.9 Å². The highest BCUT2D eigenvalue weighted by Gasteiger charge is 2.53. The van der Waals surface area contributed by atoms with E-state index >= 15 is 0 Å². The van der Waals surface area contributed by atoms with Gasteiger partial charge in [0, 0.05) is 0 Å². The van der Waals surface area contributed by atoms with Gasteiger partial charge in [-0.3, -0.25) is 9.59 Å². The molecule has 2 fully saturated rings. The van der Waals surface area contributed by atoms with E-state index in [-0.39, 0.29) is 35.6 Å². The van der Waals surface area contributed by atoms with Gasteiger partial charge in [-0.25, -0.2) is 0 Å². The van der Waals surface area contributed by atoms with Crippen LogP contribution in [0.2, 0.25) is 0 Å². The van der Waals surface area contributed by atoms with Gasteiger partial charge in [0.25, 0.3) is 0 Å². The lowest BCUT2D eigenvalue weighted by molar-refractivity contribution is -0.154. The van der Waals surface area contributed by atoms with Crippen molar-refractivity contribution in [2.45, 2.75) is 19.3 Å². The number of esters is 2. The number of carbonyl (C=O) groups excluding carboxylic acids is 2. The van der Waals surface area contributed by atoms with E-state index in [2.05, 4.69) is 12.2 Å². The maximum atomic E-state index is 11.5. The Hall–Kier alpha value is -1.12. The summed E-state index contributed by atoms with van der Waals surface area (Å²) in [5.41, 5.74) is 0. The van der Waals surface area contributed by atoms with Crippen LogP contribution in [0.25, 0.3) is 0 Å². The van der Waals surface area contributed by atoms with E-state index in [1.165, 1.54) is 0 Å². The Morgan fingerprint density at radius 1 is 1.00 bits per heavy atom. The van der Waals surface area contributed by atoms with Crippen LogP contribution in [0, 0.1) is 23.7 Å². The second-order valence-corrected chi connectivity index (χ2v) is 4.44. The molecule has 1 heterocycles. The van der Waals surface area contributed by atoms with Crippen LogP contribution in [-0.4, -0.2) is 11.9 Å². The summed E-state index contributed by atoms with van der Waals surface area (Å²) >= 11 is 0. The zero-order valence-electron chi connectivity index (χ0n) is 7.81. The van der Waals surface area contributed by atoms with Crippen LogP contribution in [0.1, 0.15) is 19.3 Å². The normalized spacial score (nSPS) is 44.9. The predicted octanol–water partition coefficient (Wildman–Crippen LogP) is 1.29. The first-order valence-electron chi connectivity index (χ1n) is 5.21. The van der Waals surface area contributed by atoms with Crippen molar-refractivity contribution in [3.63, 3.8) is 0 Å². The van der Waals surface area contributed by atoms with E-state index in [0.717, 1.165) is 19.3 Å². The molecule has 1 saturated heterocycles. The summed E-state index contributed by atoms with van der Waals surface area (Å²) in [6, 6.07) is 0. The number of hydrogen-bond donors (Lipinski definition) is 0. The van der Waals surface area contributed by atoms with Crippen LogP contribution in [0.3, 0.4) is 0 Å². The molecule has 0 unspecified atom stereocenters. The Balaban J connectivity index is 2.06. The minimum atomic E-state index is -0.291. The van der Waals surface area contributed by atoms with Crippen molar-refractivity contribution in [2.75, 3.05) is 0 Å². The second-order valence-electron chi connectivity index (χ2n) is 4.44. The number of cyclic esters (lactones) is 2. The molecular weight excluding hydrogens is 180 g/mol. The fourth-order valence-corrected chi connectivity index (χ4v) is 3.08. The van der Waals surface area contributed by atoms with Gasteiger partial charge in [0.15, 0.2) is 0 Å². The monoisotopic (exact) mass is 192 g/mol. The highest BCUT2D eigenvalue weighted by Crippen LogP contribution is 2.46. The first-order chi connectivity index (χ1) is 6.77. The Morgan fingerprint density at radius 2 is 1.50 bits per heavy atom. The molecule has 3 heteroatoms. The number of hydrogen-bond acceptors (Lipinski definition) is 3. The molecule has 0 radical (unpaired) electrons. The fourth-order valence-electron chi connectivity index (χ4n) is 3.08. The number of allylic oxidation sites excluding steroid dienone is 2. The molecule has 1 saturated carbocycles. The molecule has 0 aromatic rings. The molecule has 0 aromatic heterocycles. The summed E-state index contributed by atoms with van der Waals surface area (Å²) < 4.78 is 4.73. The summed E-state index contributed by atoms with van der Waals surface area (Å²) in [4.78, 5) is 23.0. The van der Waals surface area contributed by atoms with Gasteiger partial charge >= 0.3 is 11.9 Å². The molecule has 0 amide bonds. The van der Waals surface area contributed by atoms with Crippen molar-refractivity contribution < 1.29 is 14.3 Å². The maximum Gasteiger partial charge on any atom is 0.318 e. The maximum absolute atomic E-state index is 11.5. The third-order valence-corrected chi connectivity index (χ3v) is 3.74. The average molecular weight is 192 g/mol. The second kappa shape index (κ2) is 2.69. The third kappa shape index (κ3) is 0.925. The lowest BCUT2D eigenvalue weighted by atomic mass is 9.73. The van der Waals surface area contributed by atoms with Gasteiger partial charge < -0.3 is 4.74 Å². The Morgan fingerprint density at radius 3 is 2.00 bits per heavy atom. The van der Waals surface area contributed by atoms with Crippen LogP contribution in [0.5, 0.6) is 0 Å². The topological polar surface area (TPSA) is 43.4 Å². The molecule has 2 bridgehead atoms. The van der Waals surface area contributed by atoms with Crippen molar-refractivity contribution in [2.24, 2.45) is 23.7 Å². The number of rotatable bonds is 0. The molecule has 4 atom stereocenters. The first-order valence-corrected chi connectivity index (χ1v) is 5.21. The van der Waals surface area contributed by atoms with Crippen molar-refractivity contribution in [3.05, 3.63) is 12.2 Å². The van der Waals surface area contributed by atoms with Crippen LogP contribution >= 0.6 is 0 Å². The number of carbonyl (C=O) groups is 2. The SMILES string of the molecule is O=C1OC(=O)[C@H]2[C@H]1[C@@H]1C=C[C@@H]2CCC1. The summed E-state index contributed by atoms with van der Waals surface area (Å²) in [5, 5.41) is 0. The molecule has 3 nitrogen and oxygen atoms in total. The lowest BCUT2D eigenvalue weighted by Gasteiger charge is -2.25. The fraction of sp³-hybridized carbons (Fsp3) is 0.636. The third-order valence-electron chi connectivity index (χ3n) is 3.74. The largest absolute Gasteiger partial charge is 0.393 e. The summed E-state index contributed by atoms with van der Waals surface area (Å²) in [6.07, 6.45) is 7.39. The molecule has 74 valence electrons. The van der Waals surface area contributed by atoms with Gasteiger partial charge in [-0.2, -0.15) is 0 Å². The van der Waals surface area contributed by atoms with Gasteiger partial charge in [0.2, 0.25) is 0 Å². The first kappa shape index (κ1) is 8.21. The lowest BCUT2D eigenvalue weighted by Crippen LogP contribution is -2.31. The molecular formula is C11H12O3. The zero-order chi connectivity index (χ0) is 9.71. The van der Waals surface area contributed by atoms with E-state index in [0.29, 0.717) is 0 Å². The van der Waals surface area contributed by atoms with Crippen molar-refractivity contribution in [3.8, 4) is 0 Å². The van der Waals surface area contributed by atoms with Gasteiger partial charge in [0.1, 0.15) is 0 Å². The van der Waals surface area contributed by atoms with Crippen molar-refractivity contribution in [1.82, 2.24) is 0 Å². The molecule has 0 spiro atoms. The molecule has 0 N–H and O–H groups in total. The van der Waals surface area contributed by atoms with Gasteiger partial charge in [0.05, 0.1) is 11.8 Å². The van der Waals surface area contributed by atoms with Gasteiger partial charge in [-0.05, 0) is 24.7 Å². The van der Waals surface area contributed by atoms with E-state index in [9.17, 15) is 9.59 Å². The van der Waals surface area contributed by atoms with Gasteiger partial charge in [-0.15, -0.1) is 0 Å².